The first-order valence-electron chi connectivity index (χ1n) is 9.27. The van der Waals surface area contributed by atoms with Crippen LogP contribution in [0, 0.1) is 5.41 Å². The number of nitrogens with zero attached hydrogens (tertiary/aromatic N) is 2. The summed E-state index contributed by atoms with van der Waals surface area (Å²) in [7, 11) is 0. The largest absolute Gasteiger partial charge is 0.464 e. The monoisotopic (exact) mass is 360 g/mol. The number of hydrogen-bond donors (Lipinski definition) is 0. The van der Waals surface area contributed by atoms with Gasteiger partial charge in [-0.15, -0.1) is 0 Å². The summed E-state index contributed by atoms with van der Waals surface area (Å²) in [5.41, 5.74) is 0.381. The third-order valence-electron chi connectivity index (χ3n) is 5.06. The van der Waals surface area contributed by atoms with E-state index in [1.54, 1.807) is 26.2 Å². The number of amides is 1. The van der Waals surface area contributed by atoms with Crippen molar-refractivity contribution in [3.05, 3.63) is 30.1 Å². The Kier molecular flexibility index (Phi) is 6.89. The fraction of sp³-hybridized carbons (Fsp3) is 0.600. The molecular formula is C20H28N2O4. The van der Waals surface area contributed by atoms with Crippen molar-refractivity contribution in [3.8, 4) is 0 Å². The maximum atomic E-state index is 12.5. The number of rotatable bonds is 8. The van der Waals surface area contributed by atoms with E-state index in [2.05, 4.69) is 4.98 Å². The number of aromatic nitrogens is 1. The van der Waals surface area contributed by atoms with E-state index in [9.17, 15) is 14.4 Å². The molecule has 1 aliphatic rings. The molecule has 0 saturated carbocycles. The van der Waals surface area contributed by atoms with Gasteiger partial charge in [-0.2, -0.15) is 0 Å². The number of aryl methyl sites for hydroxylation is 1. The molecule has 6 heteroatoms. The molecule has 1 atom stereocenters. The van der Waals surface area contributed by atoms with E-state index in [1.165, 1.54) is 4.90 Å². The van der Waals surface area contributed by atoms with E-state index in [0.29, 0.717) is 38.8 Å². The summed E-state index contributed by atoms with van der Waals surface area (Å²) in [5, 5.41) is 0. The minimum absolute atomic E-state index is 0.292. The number of likely N-dealkylation sites (tertiary alicyclic amines) is 1. The quantitative estimate of drug-likeness (QED) is 0.404. The van der Waals surface area contributed by atoms with Crippen LogP contribution in [-0.4, -0.2) is 46.7 Å². The summed E-state index contributed by atoms with van der Waals surface area (Å²) in [6, 6.07) is 3.21. The topological polar surface area (TPSA) is 76.6 Å². The minimum atomic E-state index is -0.710. The van der Waals surface area contributed by atoms with Crippen molar-refractivity contribution in [1.82, 2.24) is 9.88 Å². The van der Waals surface area contributed by atoms with Gasteiger partial charge in [-0.3, -0.25) is 14.6 Å². The average molecular weight is 360 g/mol. The van der Waals surface area contributed by atoms with E-state index in [0.717, 1.165) is 12.0 Å². The molecule has 1 aliphatic heterocycles. The second kappa shape index (κ2) is 8.92. The van der Waals surface area contributed by atoms with Crippen molar-refractivity contribution >= 4 is 17.7 Å². The molecular weight excluding hydrogens is 332 g/mol. The molecule has 0 aromatic carbocycles. The van der Waals surface area contributed by atoms with Crippen molar-refractivity contribution in [2.75, 3.05) is 13.2 Å². The highest BCUT2D eigenvalue weighted by molar-refractivity contribution is 6.38. The van der Waals surface area contributed by atoms with Gasteiger partial charge >= 0.3 is 5.97 Å². The maximum absolute atomic E-state index is 12.5. The summed E-state index contributed by atoms with van der Waals surface area (Å²) in [6.07, 6.45) is 6.82. The summed E-state index contributed by atoms with van der Waals surface area (Å²) >= 11 is 0. The minimum Gasteiger partial charge on any atom is -0.464 e. The molecule has 1 aromatic rings. The van der Waals surface area contributed by atoms with E-state index < -0.39 is 29.1 Å². The third-order valence-corrected chi connectivity index (χ3v) is 5.06. The van der Waals surface area contributed by atoms with Crippen LogP contribution in [0.4, 0.5) is 0 Å². The zero-order valence-electron chi connectivity index (χ0n) is 15.9. The lowest BCUT2D eigenvalue weighted by atomic mass is 9.84. The van der Waals surface area contributed by atoms with Crippen molar-refractivity contribution in [3.63, 3.8) is 0 Å². The Hall–Kier alpha value is -2.24. The van der Waals surface area contributed by atoms with Crippen molar-refractivity contribution in [2.45, 2.75) is 58.9 Å². The van der Waals surface area contributed by atoms with E-state index in [4.69, 9.17) is 4.74 Å². The van der Waals surface area contributed by atoms with Crippen LogP contribution in [0.3, 0.4) is 0 Å². The number of hydrogen-bond acceptors (Lipinski definition) is 5. The number of Topliss-reactive ketones (excluding diaryl/α,β-unsaturated/α-hetero) is 1. The van der Waals surface area contributed by atoms with Crippen LogP contribution in [0.1, 0.15) is 52.0 Å². The zero-order valence-corrected chi connectivity index (χ0v) is 15.9. The lowest BCUT2D eigenvalue weighted by molar-refractivity contribution is -0.157. The molecule has 2 rings (SSSR count). The van der Waals surface area contributed by atoms with E-state index in [1.807, 2.05) is 19.1 Å². The van der Waals surface area contributed by atoms with Crippen LogP contribution in [0.25, 0.3) is 0 Å². The SMILES string of the molecule is CCC(C)(C)C(=O)C(=O)N1CCC[C@@H]1C(=O)OCCCc1cccnc1. The predicted molar refractivity (Wildman–Crippen MR) is 97.3 cm³/mol. The highest BCUT2D eigenvalue weighted by Gasteiger charge is 2.41. The Labute approximate surface area is 154 Å². The van der Waals surface area contributed by atoms with Gasteiger partial charge in [0.25, 0.3) is 5.91 Å². The first kappa shape index (κ1) is 20.1. The molecule has 2 heterocycles. The fourth-order valence-electron chi connectivity index (χ4n) is 2.93. The molecule has 1 aromatic heterocycles. The van der Waals surface area contributed by atoms with Crippen LogP contribution in [-0.2, 0) is 25.5 Å². The lowest BCUT2D eigenvalue weighted by Crippen LogP contribution is -2.48. The molecule has 0 spiro atoms. The molecule has 142 valence electrons. The van der Waals surface area contributed by atoms with Gasteiger partial charge in [0, 0.05) is 24.4 Å². The number of esters is 1. The number of carbonyl (C=O) groups excluding carboxylic acids is 3. The van der Waals surface area contributed by atoms with Crippen LogP contribution in [0.15, 0.2) is 24.5 Å². The van der Waals surface area contributed by atoms with E-state index >= 15 is 0 Å². The normalized spacial score (nSPS) is 17.2. The maximum Gasteiger partial charge on any atom is 0.328 e. The predicted octanol–water partition coefficient (Wildman–Crippen LogP) is 2.55. The van der Waals surface area contributed by atoms with E-state index in [-0.39, 0.29) is 0 Å². The van der Waals surface area contributed by atoms with Gasteiger partial charge in [0.05, 0.1) is 6.61 Å². The molecule has 0 bridgehead atoms. The molecule has 1 amide bonds. The summed E-state index contributed by atoms with van der Waals surface area (Å²) < 4.78 is 5.36. The second-order valence-corrected chi connectivity index (χ2v) is 7.36. The molecule has 1 saturated heterocycles. The molecule has 0 N–H and O–H groups in total. The summed E-state index contributed by atoms with van der Waals surface area (Å²) in [6.45, 7) is 6.12. The van der Waals surface area contributed by atoms with Gasteiger partial charge in [0.15, 0.2) is 0 Å². The zero-order chi connectivity index (χ0) is 19.2. The average Bonchev–Trinajstić information content (AvgIpc) is 3.14. The highest BCUT2D eigenvalue weighted by atomic mass is 16.5. The number of ketones is 1. The van der Waals surface area contributed by atoms with Crippen molar-refractivity contribution in [1.29, 1.82) is 0 Å². The van der Waals surface area contributed by atoms with Gasteiger partial charge in [-0.05, 0) is 43.7 Å². The first-order chi connectivity index (χ1) is 12.4. The Morgan fingerprint density at radius 3 is 2.77 bits per heavy atom. The summed E-state index contributed by atoms with van der Waals surface area (Å²) in [5.74, 6) is -1.41. The standard InChI is InChI=1S/C20H28N2O4/c1-4-20(2,3)17(23)18(24)22-12-6-10-16(22)19(25)26-13-7-9-15-8-5-11-21-14-15/h5,8,11,14,16H,4,6-7,9-10,12-13H2,1-3H3/t16-/m1/s1. The van der Waals surface area contributed by atoms with Gasteiger partial charge < -0.3 is 9.64 Å². The molecule has 26 heavy (non-hydrogen) atoms. The number of ether oxygens (including phenoxy) is 1. The van der Waals surface area contributed by atoms with Crippen molar-refractivity contribution in [2.24, 2.45) is 5.41 Å². The number of pyridine rings is 1. The molecule has 0 aliphatic carbocycles. The number of carbonyl (C=O) groups is 3. The Balaban J connectivity index is 1.85. The van der Waals surface area contributed by atoms with Crippen molar-refractivity contribution < 1.29 is 19.1 Å². The van der Waals surface area contributed by atoms with Crippen LogP contribution in [0.2, 0.25) is 0 Å². The van der Waals surface area contributed by atoms with Gasteiger partial charge in [-0.1, -0.05) is 26.8 Å². The molecule has 0 radical (unpaired) electrons. The lowest BCUT2D eigenvalue weighted by Gasteiger charge is -2.27. The van der Waals surface area contributed by atoms with Gasteiger partial charge in [0.2, 0.25) is 5.78 Å². The molecule has 0 unspecified atom stereocenters. The molecule has 6 nitrogen and oxygen atoms in total. The van der Waals surface area contributed by atoms with Gasteiger partial charge in [-0.25, -0.2) is 4.79 Å². The highest BCUT2D eigenvalue weighted by Crippen LogP contribution is 2.26. The Bertz CT molecular complexity index is 642. The van der Waals surface area contributed by atoms with Crippen LogP contribution in [0.5, 0.6) is 0 Å². The first-order valence-corrected chi connectivity index (χ1v) is 9.27. The third kappa shape index (κ3) is 4.90. The fourth-order valence-corrected chi connectivity index (χ4v) is 2.93. The second-order valence-electron chi connectivity index (χ2n) is 7.36. The summed E-state index contributed by atoms with van der Waals surface area (Å²) in [4.78, 5) is 42.8. The van der Waals surface area contributed by atoms with Crippen LogP contribution >= 0.6 is 0 Å². The van der Waals surface area contributed by atoms with Crippen LogP contribution < -0.4 is 0 Å². The Morgan fingerprint density at radius 2 is 2.12 bits per heavy atom. The smallest absolute Gasteiger partial charge is 0.328 e. The Morgan fingerprint density at radius 1 is 1.35 bits per heavy atom. The van der Waals surface area contributed by atoms with Gasteiger partial charge in [0.1, 0.15) is 6.04 Å². The molecule has 1 fully saturated rings.